The molecule has 4 heteroatoms. The summed E-state index contributed by atoms with van der Waals surface area (Å²) in [7, 11) is 0. The number of esters is 1. The Hall–Kier alpha value is -2.28. The van der Waals surface area contributed by atoms with Gasteiger partial charge >= 0.3 is 5.97 Å². The summed E-state index contributed by atoms with van der Waals surface area (Å²) >= 11 is 0. The van der Waals surface area contributed by atoms with Crippen molar-refractivity contribution in [2.24, 2.45) is 0 Å². The predicted molar refractivity (Wildman–Crippen MR) is 67.2 cm³/mol. The summed E-state index contributed by atoms with van der Waals surface area (Å²) in [6, 6.07) is 5.65. The van der Waals surface area contributed by atoms with Crippen molar-refractivity contribution >= 4 is 11.5 Å². The minimum absolute atomic E-state index is 0.240. The maximum atomic E-state index is 11.6. The molecule has 2 heterocycles. The van der Waals surface area contributed by atoms with Crippen LogP contribution >= 0.6 is 0 Å². The predicted octanol–water partition coefficient (Wildman–Crippen LogP) is 2.23. The zero-order chi connectivity index (χ0) is 13.1. The molecule has 18 heavy (non-hydrogen) atoms. The number of aromatic nitrogens is 1. The molecule has 0 saturated carbocycles. The Kier molecular flexibility index (Phi) is 3.33. The first-order chi connectivity index (χ1) is 8.65. The molecule has 0 saturated heterocycles. The molecule has 0 spiro atoms. The van der Waals surface area contributed by atoms with Crippen LogP contribution in [0.15, 0.2) is 24.5 Å². The minimum atomic E-state index is -0.240. The SMILES string of the molecule is CCOC(=O)Cc1c(C)cn2ccc(C#N)cc12. The molecule has 0 aliphatic heterocycles. The highest BCUT2D eigenvalue weighted by atomic mass is 16.5. The van der Waals surface area contributed by atoms with Crippen LogP contribution in [0.3, 0.4) is 0 Å². The van der Waals surface area contributed by atoms with Gasteiger partial charge in [-0.25, -0.2) is 0 Å². The molecule has 4 nitrogen and oxygen atoms in total. The van der Waals surface area contributed by atoms with E-state index in [4.69, 9.17) is 10.00 Å². The van der Waals surface area contributed by atoms with Crippen molar-refractivity contribution in [3.63, 3.8) is 0 Å². The number of rotatable bonds is 3. The van der Waals surface area contributed by atoms with E-state index in [0.717, 1.165) is 16.6 Å². The monoisotopic (exact) mass is 242 g/mol. The van der Waals surface area contributed by atoms with Crippen molar-refractivity contribution < 1.29 is 9.53 Å². The van der Waals surface area contributed by atoms with Gasteiger partial charge in [0.1, 0.15) is 0 Å². The third-order valence-corrected chi connectivity index (χ3v) is 2.86. The molecule has 0 amide bonds. The zero-order valence-electron chi connectivity index (χ0n) is 10.4. The summed E-state index contributed by atoms with van der Waals surface area (Å²) in [6.45, 7) is 4.12. The van der Waals surface area contributed by atoms with Gasteiger partial charge in [-0.05, 0) is 37.1 Å². The van der Waals surface area contributed by atoms with Gasteiger partial charge in [0.25, 0.3) is 0 Å². The number of aryl methyl sites for hydroxylation is 1. The second kappa shape index (κ2) is 4.92. The number of hydrogen-bond acceptors (Lipinski definition) is 3. The average molecular weight is 242 g/mol. The van der Waals surface area contributed by atoms with Gasteiger partial charge in [0, 0.05) is 12.4 Å². The number of fused-ring (bicyclic) bond motifs is 1. The van der Waals surface area contributed by atoms with E-state index >= 15 is 0 Å². The highest BCUT2D eigenvalue weighted by molar-refractivity contribution is 5.77. The average Bonchev–Trinajstić information content (AvgIpc) is 2.65. The van der Waals surface area contributed by atoms with E-state index in [1.165, 1.54) is 0 Å². The molecule has 2 rings (SSSR count). The molecule has 0 N–H and O–H groups in total. The molecular weight excluding hydrogens is 228 g/mol. The Bertz CT molecular complexity index is 635. The van der Waals surface area contributed by atoms with Crippen LogP contribution in [0, 0.1) is 18.3 Å². The number of nitriles is 1. The fraction of sp³-hybridized carbons (Fsp3) is 0.286. The summed E-state index contributed by atoms with van der Waals surface area (Å²) in [4.78, 5) is 11.6. The number of hydrogen-bond donors (Lipinski definition) is 0. The summed E-state index contributed by atoms with van der Waals surface area (Å²) in [5.41, 5.74) is 3.43. The first-order valence-corrected chi connectivity index (χ1v) is 5.81. The van der Waals surface area contributed by atoms with Crippen LogP contribution in [-0.2, 0) is 16.0 Å². The fourth-order valence-corrected chi connectivity index (χ4v) is 2.01. The second-order valence-corrected chi connectivity index (χ2v) is 4.09. The van der Waals surface area contributed by atoms with E-state index in [1.807, 2.05) is 23.7 Å². The number of ether oxygens (including phenoxy) is 1. The Morgan fingerprint density at radius 1 is 1.56 bits per heavy atom. The molecule has 0 radical (unpaired) electrons. The third-order valence-electron chi connectivity index (χ3n) is 2.86. The Balaban J connectivity index is 2.45. The summed E-state index contributed by atoms with van der Waals surface area (Å²) in [5.74, 6) is -0.240. The van der Waals surface area contributed by atoms with Crippen LogP contribution in [0.5, 0.6) is 0 Å². The van der Waals surface area contributed by atoms with Crippen LogP contribution in [0.2, 0.25) is 0 Å². The lowest BCUT2D eigenvalue weighted by atomic mass is 10.1. The van der Waals surface area contributed by atoms with Crippen LogP contribution in [0.25, 0.3) is 5.52 Å². The Morgan fingerprint density at radius 3 is 3.00 bits per heavy atom. The van der Waals surface area contributed by atoms with Crippen molar-refractivity contribution in [3.8, 4) is 6.07 Å². The Labute approximate surface area is 105 Å². The van der Waals surface area contributed by atoms with Crippen molar-refractivity contribution in [2.75, 3.05) is 6.61 Å². The minimum Gasteiger partial charge on any atom is -0.466 e. The first kappa shape index (κ1) is 12.2. The molecule has 92 valence electrons. The molecule has 0 fully saturated rings. The summed E-state index contributed by atoms with van der Waals surface area (Å²) in [6.07, 6.45) is 4.02. The van der Waals surface area contributed by atoms with Gasteiger partial charge in [0.15, 0.2) is 0 Å². The molecule has 0 bridgehead atoms. The number of carbonyl (C=O) groups is 1. The van der Waals surface area contributed by atoms with E-state index in [1.54, 1.807) is 19.1 Å². The largest absolute Gasteiger partial charge is 0.466 e. The van der Waals surface area contributed by atoms with Crippen molar-refractivity contribution in [2.45, 2.75) is 20.3 Å². The van der Waals surface area contributed by atoms with Gasteiger partial charge in [-0.15, -0.1) is 0 Å². The summed E-state index contributed by atoms with van der Waals surface area (Å²) in [5, 5.41) is 8.91. The smallest absolute Gasteiger partial charge is 0.310 e. The van der Waals surface area contributed by atoms with Gasteiger partial charge in [0.2, 0.25) is 0 Å². The van der Waals surface area contributed by atoms with E-state index in [2.05, 4.69) is 6.07 Å². The topological polar surface area (TPSA) is 54.5 Å². The number of nitrogens with zero attached hydrogens (tertiary/aromatic N) is 2. The zero-order valence-corrected chi connectivity index (χ0v) is 10.4. The lowest BCUT2D eigenvalue weighted by Gasteiger charge is -2.03. The van der Waals surface area contributed by atoms with Crippen molar-refractivity contribution in [3.05, 3.63) is 41.2 Å². The molecule has 0 aliphatic carbocycles. The van der Waals surface area contributed by atoms with Gasteiger partial charge in [0.05, 0.1) is 30.2 Å². The van der Waals surface area contributed by atoms with Gasteiger partial charge in [-0.1, -0.05) is 0 Å². The molecule has 0 aliphatic rings. The standard InChI is InChI=1S/C14H14N2O2/c1-3-18-14(17)7-12-10(2)9-16-5-4-11(8-15)6-13(12)16/h4-6,9H,3,7H2,1-2H3. The quantitative estimate of drug-likeness (QED) is 0.775. The number of carbonyl (C=O) groups excluding carboxylic acids is 1. The van der Waals surface area contributed by atoms with E-state index in [0.29, 0.717) is 12.2 Å². The highest BCUT2D eigenvalue weighted by Crippen LogP contribution is 2.20. The van der Waals surface area contributed by atoms with Crippen LogP contribution < -0.4 is 0 Å². The Morgan fingerprint density at radius 2 is 2.33 bits per heavy atom. The van der Waals surface area contributed by atoms with E-state index in [9.17, 15) is 4.79 Å². The maximum absolute atomic E-state index is 11.6. The van der Waals surface area contributed by atoms with Crippen LogP contribution in [0.1, 0.15) is 23.6 Å². The van der Waals surface area contributed by atoms with Gasteiger partial charge in [-0.3, -0.25) is 4.79 Å². The van der Waals surface area contributed by atoms with E-state index < -0.39 is 0 Å². The molecule has 0 aromatic carbocycles. The number of pyridine rings is 1. The molecule has 0 unspecified atom stereocenters. The second-order valence-electron chi connectivity index (χ2n) is 4.09. The van der Waals surface area contributed by atoms with Crippen LogP contribution in [-0.4, -0.2) is 17.0 Å². The summed E-state index contributed by atoms with van der Waals surface area (Å²) < 4.78 is 6.88. The highest BCUT2D eigenvalue weighted by Gasteiger charge is 2.12. The third kappa shape index (κ3) is 2.21. The lowest BCUT2D eigenvalue weighted by Crippen LogP contribution is -2.08. The molecule has 2 aromatic rings. The molecule has 2 aromatic heterocycles. The van der Waals surface area contributed by atoms with Gasteiger partial charge in [-0.2, -0.15) is 5.26 Å². The lowest BCUT2D eigenvalue weighted by molar-refractivity contribution is -0.142. The maximum Gasteiger partial charge on any atom is 0.310 e. The molecule has 0 atom stereocenters. The van der Waals surface area contributed by atoms with Crippen molar-refractivity contribution in [1.82, 2.24) is 4.40 Å². The van der Waals surface area contributed by atoms with Gasteiger partial charge < -0.3 is 9.14 Å². The van der Waals surface area contributed by atoms with Crippen molar-refractivity contribution in [1.29, 1.82) is 5.26 Å². The molecular formula is C14H14N2O2. The first-order valence-electron chi connectivity index (χ1n) is 5.81. The van der Waals surface area contributed by atoms with Crippen LogP contribution in [0.4, 0.5) is 0 Å². The normalized spacial score (nSPS) is 10.3. The van der Waals surface area contributed by atoms with E-state index in [-0.39, 0.29) is 12.4 Å². The fourth-order valence-electron chi connectivity index (χ4n) is 2.01.